The van der Waals surface area contributed by atoms with Gasteiger partial charge in [0.2, 0.25) is 0 Å². The molecule has 1 saturated carbocycles. The highest BCUT2D eigenvalue weighted by Crippen LogP contribution is 2.33. The summed E-state index contributed by atoms with van der Waals surface area (Å²) < 4.78 is 9.05. The van der Waals surface area contributed by atoms with Crippen molar-refractivity contribution < 1.29 is 9.84 Å². The van der Waals surface area contributed by atoms with E-state index in [2.05, 4.69) is 20.3 Å². The zero-order valence-corrected chi connectivity index (χ0v) is 17.5. The van der Waals surface area contributed by atoms with Gasteiger partial charge in [-0.05, 0) is 31.0 Å². The number of aliphatic hydroxyl groups excluding tert-OH is 1. The lowest BCUT2D eigenvalue weighted by Crippen LogP contribution is -2.36. The maximum Gasteiger partial charge on any atom is 0.184 e. The zero-order chi connectivity index (χ0) is 20.5. The summed E-state index contributed by atoms with van der Waals surface area (Å²) in [6, 6.07) is 9.68. The third kappa shape index (κ3) is 3.88. The number of fused-ring (bicyclic) bond motifs is 1. The van der Waals surface area contributed by atoms with Crippen molar-refractivity contribution in [1.29, 1.82) is 0 Å². The fourth-order valence-corrected chi connectivity index (χ4v) is 4.77. The van der Waals surface area contributed by atoms with Crippen LogP contribution in [0.25, 0.3) is 21.7 Å². The van der Waals surface area contributed by atoms with E-state index in [1.54, 1.807) is 23.7 Å². The molecular formula is C22H23N5O2S. The Hall–Kier alpha value is -2.97. The molecule has 2 atom stereocenters. The lowest BCUT2D eigenvalue weighted by molar-refractivity contribution is 0.116. The molecule has 7 nitrogen and oxygen atoms in total. The van der Waals surface area contributed by atoms with Crippen molar-refractivity contribution in [2.75, 3.05) is 5.32 Å². The van der Waals surface area contributed by atoms with E-state index in [1.165, 1.54) is 0 Å². The van der Waals surface area contributed by atoms with Gasteiger partial charge in [-0.3, -0.25) is 4.98 Å². The van der Waals surface area contributed by atoms with Crippen LogP contribution in [0.1, 0.15) is 25.7 Å². The highest BCUT2D eigenvalue weighted by molar-refractivity contribution is 7.22. The number of aromatic nitrogens is 4. The Morgan fingerprint density at radius 1 is 1.10 bits per heavy atom. The van der Waals surface area contributed by atoms with Gasteiger partial charge < -0.3 is 19.7 Å². The summed E-state index contributed by atoms with van der Waals surface area (Å²) in [4.78, 5) is 13.4. The number of benzene rings is 1. The van der Waals surface area contributed by atoms with Gasteiger partial charge in [0.25, 0.3) is 0 Å². The van der Waals surface area contributed by atoms with Crippen molar-refractivity contribution in [2.45, 2.75) is 37.8 Å². The van der Waals surface area contributed by atoms with Gasteiger partial charge in [0.1, 0.15) is 17.2 Å². The summed E-state index contributed by atoms with van der Waals surface area (Å²) in [5.41, 5.74) is 1.68. The largest absolute Gasteiger partial charge is 0.457 e. The number of hydrogen-bond acceptors (Lipinski definition) is 7. The van der Waals surface area contributed by atoms with Crippen molar-refractivity contribution in [3.05, 3.63) is 48.9 Å². The van der Waals surface area contributed by atoms with Gasteiger partial charge >= 0.3 is 0 Å². The van der Waals surface area contributed by atoms with Gasteiger partial charge in [0.05, 0.1) is 22.4 Å². The van der Waals surface area contributed by atoms with Crippen LogP contribution in [0, 0.1) is 0 Å². The molecule has 0 amide bonds. The summed E-state index contributed by atoms with van der Waals surface area (Å²) >= 11 is 1.58. The molecule has 0 spiro atoms. The van der Waals surface area contributed by atoms with Gasteiger partial charge in [-0.2, -0.15) is 0 Å². The molecule has 1 aromatic carbocycles. The summed E-state index contributed by atoms with van der Waals surface area (Å²) in [7, 11) is 1.94. The Morgan fingerprint density at radius 2 is 1.97 bits per heavy atom. The van der Waals surface area contributed by atoms with E-state index in [9.17, 15) is 5.11 Å². The van der Waals surface area contributed by atoms with E-state index in [0.717, 1.165) is 58.3 Å². The summed E-state index contributed by atoms with van der Waals surface area (Å²) in [6.07, 6.45) is 9.13. The second kappa shape index (κ2) is 8.04. The minimum Gasteiger partial charge on any atom is -0.457 e. The van der Waals surface area contributed by atoms with Crippen molar-refractivity contribution >= 4 is 26.7 Å². The van der Waals surface area contributed by atoms with Gasteiger partial charge in [0, 0.05) is 37.8 Å². The average molecular weight is 422 g/mol. The second-order valence-electron chi connectivity index (χ2n) is 7.59. The van der Waals surface area contributed by atoms with Crippen LogP contribution in [-0.2, 0) is 7.05 Å². The Bertz CT molecular complexity index is 1170. The number of ether oxygens (including phenoxy) is 1. The number of pyridine rings is 1. The van der Waals surface area contributed by atoms with Crippen LogP contribution in [0.4, 0.5) is 5.13 Å². The second-order valence-corrected chi connectivity index (χ2v) is 8.62. The number of aliphatic hydroxyl groups is 1. The highest BCUT2D eigenvalue weighted by atomic mass is 32.1. The monoisotopic (exact) mass is 421 g/mol. The number of hydrogen-bond donors (Lipinski definition) is 2. The van der Waals surface area contributed by atoms with Crippen LogP contribution >= 0.6 is 11.3 Å². The predicted molar refractivity (Wildman–Crippen MR) is 118 cm³/mol. The van der Waals surface area contributed by atoms with Gasteiger partial charge in [-0.1, -0.05) is 24.2 Å². The molecule has 5 rings (SSSR count). The molecular weight excluding hydrogens is 398 g/mol. The number of nitrogens with zero attached hydrogens (tertiary/aromatic N) is 4. The van der Waals surface area contributed by atoms with Gasteiger partial charge in [-0.25, -0.2) is 9.97 Å². The summed E-state index contributed by atoms with van der Waals surface area (Å²) in [5, 5.41) is 14.5. The molecule has 3 aromatic heterocycles. The molecule has 1 fully saturated rings. The Kier molecular flexibility index (Phi) is 5.10. The number of rotatable bonds is 5. The van der Waals surface area contributed by atoms with Gasteiger partial charge in [-0.15, -0.1) is 0 Å². The Labute approximate surface area is 178 Å². The third-order valence-electron chi connectivity index (χ3n) is 5.42. The van der Waals surface area contributed by atoms with E-state index in [4.69, 9.17) is 4.74 Å². The summed E-state index contributed by atoms with van der Waals surface area (Å²) in [5.74, 6) is 2.24. The Balaban J connectivity index is 1.35. The molecule has 8 heteroatoms. The zero-order valence-electron chi connectivity index (χ0n) is 16.7. The minimum atomic E-state index is -0.302. The van der Waals surface area contributed by atoms with E-state index in [0.29, 0.717) is 5.75 Å². The molecule has 4 aromatic rings. The first-order valence-corrected chi connectivity index (χ1v) is 10.9. The first kappa shape index (κ1) is 19.0. The first-order chi connectivity index (χ1) is 14.7. The lowest BCUT2D eigenvalue weighted by atomic mass is 9.93. The van der Waals surface area contributed by atoms with Crippen molar-refractivity contribution in [2.24, 2.45) is 7.05 Å². The standard InChI is InChI=1S/C22H23N5O2S/c1-27-11-10-24-21(27)18-12-15(8-9-23-18)29-14-6-7-17-20(13-14)30-22(26-17)25-16-4-2-3-5-19(16)28/h6-13,16,19,28H,2-5H2,1H3,(H,25,26)/t16-,19-/m1/s1. The van der Waals surface area contributed by atoms with Crippen molar-refractivity contribution in [3.63, 3.8) is 0 Å². The molecule has 0 saturated heterocycles. The molecule has 2 N–H and O–H groups in total. The Morgan fingerprint density at radius 3 is 2.80 bits per heavy atom. The van der Waals surface area contributed by atoms with Crippen LogP contribution in [-0.4, -0.2) is 36.8 Å². The molecule has 1 aliphatic carbocycles. The number of imidazole rings is 1. The van der Waals surface area contributed by atoms with Crippen LogP contribution in [0.2, 0.25) is 0 Å². The van der Waals surface area contributed by atoms with E-state index >= 15 is 0 Å². The van der Waals surface area contributed by atoms with Crippen LogP contribution in [0.3, 0.4) is 0 Å². The fraction of sp³-hybridized carbons (Fsp3) is 0.318. The molecule has 0 unspecified atom stereocenters. The minimum absolute atomic E-state index is 0.0800. The quantitative estimate of drug-likeness (QED) is 0.490. The normalized spacial score (nSPS) is 19.1. The van der Waals surface area contributed by atoms with E-state index in [-0.39, 0.29) is 12.1 Å². The number of anilines is 1. The third-order valence-corrected chi connectivity index (χ3v) is 6.37. The first-order valence-electron chi connectivity index (χ1n) is 10.1. The maximum atomic E-state index is 10.2. The van der Waals surface area contributed by atoms with Crippen molar-refractivity contribution in [1.82, 2.24) is 19.5 Å². The molecule has 30 heavy (non-hydrogen) atoms. The number of aryl methyl sites for hydroxylation is 1. The molecule has 0 radical (unpaired) electrons. The number of thiazole rings is 1. The molecule has 1 aliphatic rings. The van der Waals surface area contributed by atoms with E-state index < -0.39 is 0 Å². The smallest absolute Gasteiger partial charge is 0.184 e. The molecule has 3 heterocycles. The lowest BCUT2D eigenvalue weighted by Gasteiger charge is -2.27. The van der Waals surface area contributed by atoms with E-state index in [1.807, 2.05) is 48.1 Å². The molecule has 0 bridgehead atoms. The molecule has 154 valence electrons. The van der Waals surface area contributed by atoms with Crippen molar-refractivity contribution in [3.8, 4) is 23.0 Å². The maximum absolute atomic E-state index is 10.2. The molecule has 0 aliphatic heterocycles. The topological polar surface area (TPSA) is 85.1 Å². The SMILES string of the molecule is Cn1ccnc1-c1cc(Oc2ccc3nc(N[C@@H]4CCCC[C@H]4O)sc3c2)ccn1. The highest BCUT2D eigenvalue weighted by Gasteiger charge is 2.23. The van der Waals surface area contributed by atoms with Crippen LogP contribution in [0.5, 0.6) is 11.5 Å². The van der Waals surface area contributed by atoms with Crippen LogP contribution < -0.4 is 10.1 Å². The summed E-state index contributed by atoms with van der Waals surface area (Å²) in [6.45, 7) is 0. The predicted octanol–water partition coefficient (Wildman–Crippen LogP) is 4.60. The average Bonchev–Trinajstić information content (AvgIpc) is 3.35. The fourth-order valence-electron chi connectivity index (χ4n) is 3.81. The van der Waals surface area contributed by atoms with Gasteiger partial charge in [0.15, 0.2) is 11.0 Å². The van der Waals surface area contributed by atoms with Crippen LogP contribution in [0.15, 0.2) is 48.9 Å². The number of nitrogens with one attached hydrogen (secondary N) is 1.